The first-order valence-electron chi connectivity index (χ1n) is 7.52. The zero-order valence-corrected chi connectivity index (χ0v) is 12.8. The van der Waals surface area contributed by atoms with Crippen molar-refractivity contribution >= 4 is 17.6 Å². The van der Waals surface area contributed by atoms with Crippen molar-refractivity contribution in [3.8, 4) is 0 Å². The Hall–Kier alpha value is -3.07. The van der Waals surface area contributed by atoms with E-state index in [0.717, 1.165) is 28.1 Å². The SMILES string of the molecule is Nc1ccc(/C=N/C(c2ccccc2)c2ccccc2N)cc1. The smallest absolute Gasteiger partial charge is 0.102 e. The Morgan fingerprint density at radius 1 is 0.739 bits per heavy atom. The van der Waals surface area contributed by atoms with Crippen LogP contribution in [0.3, 0.4) is 0 Å². The van der Waals surface area contributed by atoms with E-state index in [1.54, 1.807) is 0 Å². The topological polar surface area (TPSA) is 64.4 Å². The van der Waals surface area contributed by atoms with Gasteiger partial charge in [-0.1, -0.05) is 60.7 Å². The molecule has 23 heavy (non-hydrogen) atoms. The quantitative estimate of drug-likeness (QED) is 0.564. The van der Waals surface area contributed by atoms with Gasteiger partial charge in [-0.2, -0.15) is 0 Å². The molecule has 0 aliphatic heterocycles. The summed E-state index contributed by atoms with van der Waals surface area (Å²) in [4.78, 5) is 4.78. The molecule has 3 rings (SSSR count). The lowest BCUT2D eigenvalue weighted by molar-refractivity contribution is 0.881. The highest BCUT2D eigenvalue weighted by molar-refractivity contribution is 5.80. The van der Waals surface area contributed by atoms with Gasteiger partial charge in [-0.25, -0.2) is 0 Å². The molecule has 0 spiro atoms. The lowest BCUT2D eigenvalue weighted by atomic mass is 9.98. The molecule has 0 saturated heterocycles. The average molecular weight is 301 g/mol. The van der Waals surface area contributed by atoms with Crippen molar-refractivity contribution in [3.63, 3.8) is 0 Å². The molecule has 3 aromatic rings. The van der Waals surface area contributed by atoms with Crippen LogP contribution in [-0.2, 0) is 0 Å². The second kappa shape index (κ2) is 6.79. The number of hydrogen-bond donors (Lipinski definition) is 2. The third kappa shape index (κ3) is 3.58. The fourth-order valence-electron chi connectivity index (χ4n) is 2.48. The van der Waals surface area contributed by atoms with Gasteiger partial charge in [0.15, 0.2) is 0 Å². The van der Waals surface area contributed by atoms with Crippen LogP contribution in [0.4, 0.5) is 11.4 Å². The zero-order chi connectivity index (χ0) is 16.1. The largest absolute Gasteiger partial charge is 0.399 e. The van der Waals surface area contributed by atoms with Crippen molar-refractivity contribution in [1.29, 1.82) is 0 Å². The van der Waals surface area contributed by atoms with E-state index in [-0.39, 0.29) is 6.04 Å². The molecule has 3 nitrogen and oxygen atoms in total. The molecule has 0 bridgehead atoms. The van der Waals surface area contributed by atoms with E-state index in [0.29, 0.717) is 0 Å². The summed E-state index contributed by atoms with van der Waals surface area (Å²) >= 11 is 0. The van der Waals surface area contributed by atoms with Crippen LogP contribution in [-0.4, -0.2) is 6.21 Å². The summed E-state index contributed by atoms with van der Waals surface area (Å²) in [6.07, 6.45) is 1.86. The van der Waals surface area contributed by atoms with Crippen molar-refractivity contribution in [3.05, 3.63) is 95.6 Å². The molecular formula is C20H19N3. The van der Waals surface area contributed by atoms with Gasteiger partial charge in [0.1, 0.15) is 6.04 Å². The molecule has 114 valence electrons. The number of para-hydroxylation sites is 1. The predicted octanol–water partition coefficient (Wildman–Crippen LogP) is 4.06. The van der Waals surface area contributed by atoms with E-state index in [9.17, 15) is 0 Å². The maximum absolute atomic E-state index is 6.16. The minimum Gasteiger partial charge on any atom is -0.399 e. The van der Waals surface area contributed by atoms with E-state index in [1.165, 1.54) is 0 Å². The fourth-order valence-corrected chi connectivity index (χ4v) is 2.48. The number of benzene rings is 3. The maximum atomic E-state index is 6.16. The minimum atomic E-state index is -0.130. The summed E-state index contributed by atoms with van der Waals surface area (Å²) in [6, 6.07) is 25.5. The molecule has 1 atom stereocenters. The lowest BCUT2D eigenvalue weighted by Gasteiger charge is -2.15. The fraction of sp³-hybridized carbons (Fsp3) is 0.0500. The average Bonchev–Trinajstić information content (AvgIpc) is 2.59. The Labute approximate surface area is 136 Å². The summed E-state index contributed by atoms with van der Waals surface area (Å²) in [6.45, 7) is 0. The first-order chi connectivity index (χ1) is 11.2. The van der Waals surface area contributed by atoms with Gasteiger partial charge < -0.3 is 11.5 Å². The molecule has 0 radical (unpaired) electrons. The van der Waals surface area contributed by atoms with E-state index in [1.807, 2.05) is 72.9 Å². The Kier molecular flexibility index (Phi) is 4.39. The number of nitrogens with zero attached hydrogens (tertiary/aromatic N) is 1. The number of hydrogen-bond acceptors (Lipinski definition) is 3. The van der Waals surface area contributed by atoms with Crippen molar-refractivity contribution < 1.29 is 0 Å². The van der Waals surface area contributed by atoms with Crippen LogP contribution in [0, 0.1) is 0 Å². The summed E-state index contributed by atoms with van der Waals surface area (Å²) in [7, 11) is 0. The van der Waals surface area contributed by atoms with Gasteiger partial charge in [0.2, 0.25) is 0 Å². The number of nitrogen functional groups attached to an aromatic ring is 2. The molecule has 3 heteroatoms. The van der Waals surface area contributed by atoms with Gasteiger partial charge in [-0.3, -0.25) is 4.99 Å². The molecule has 0 aliphatic carbocycles. The van der Waals surface area contributed by atoms with E-state index in [4.69, 9.17) is 16.5 Å². The lowest BCUT2D eigenvalue weighted by Crippen LogP contribution is -2.03. The van der Waals surface area contributed by atoms with Gasteiger partial charge in [0.25, 0.3) is 0 Å². The second-order valence-corrected chi connectivity index (χ2v) is 5.39. The highest BCUT2D eigenvalue weighted by atomic mass is 14.8. The molecule has 3 aromatic carbocycles. The van der Waals surface area contributed by atoms with Gasteiger partial charge in [0.05, 0.1) is 0 Å². The Bertz CT molecular complexity index is 793. The third-order valence-corrected chi connectivity index (χ3v) is 3.72. The van der Waals surface area contributed by atoms with Crippen LogP contribution in [0.25, 0.3) is 0 Å². The highest BCUT2D eigenvalue weighted by Gasteiger charge is 2.14. The van der Waals surface area contributed by atoms with Gasteiger partial charge in [-0.05, 0) is 29.3 Å². The Balaban J connectivity index is 1.99. The van der Waals surface area contributed by atoms with Gasteiger partial charge in [-0.15, -0.1) is 0 Å². The molecule has 1 unspecified atom stereocenters. The van der Waals surface area contributed by atoms with Crippen molar-refractivity contribution in [2.45, 2.75) is 6.04 Å². The first kappa shape index (κ1) is 14.9. The van der Waals surface area contributed by atoms with Crippen LogP contribution < -0.4 is 11.5 Å². The van der Waals surface area contributed by atoms with E-state index in [2.05, 4.69) is 12.1 Å². The molecule has 0 aromatic heterocycles. The normalized spacial score (nSPS) is 12.3. The van der Waals surface area contributed by atoms with Gasteiger partial charge in [0, 0.05) is 23.2 Å². The molecular weight excluding hydrogens is 282 g/mol. The van der Waals surface area contributed by atoms with Crippen LogP contribution in [0.2, 0.25) is 0 Å². The molecule has 4 N–H and O–H groups in total. The van der Waals surface area contributed by atoms with Crippen LogP contribution in [0.1, 0.15) is 22.7 Å². The van der Waals surface area contributed by atoms with Crippen LogP contribution in [0.15, 0.2) is 83.9 Å². The van der Waals surface area contributed by atoms with E-state index < -0.39 is 0 Å². The summed E-state index contributed by atoms with van der Waals surface area (Å²) in [5.41, 5.74) is 16.5. The number of anilines is 2. The van der Waals surface area contributed by atoms with E-state index >= 15 is 0 Å². The van der Waals surface area contributed by atoms with Crippen molar-refractivity contribution in [2.75, 3.05) is 11.5 Å². The second-order valence-electron chi connectivity index (χ2n) is 5.39. The van der Waals surface area contributed by atoms with Crippen molar-refractivity contribution in [1.82, 2.24) is 0 Å². The molecule has 0 fully saturated rings. The molecule has 0 aliphatic rings. The summed E-state index contributed by atoms with van der Waals surface area (Å²) < 4.78 is 0. The van der Waals surface area contributed by atoms with Crippen LogP contribution >= 0.6 is 0 Å². The third-order valence-electron chi connectivity index (χ3n) is 3.72. The van der Waals surface area contributed by atoms with Gasteiger partial charge >= 0.3 is 0 Å². The molecule has 0 saturated carbocycles. The van der Waals surface area contributed by atoms with Crippen LogP contribution in [0.5, 0.6) is 0 Å². The Morgan fingerprint density at radius 2 is 1.39 bits per heavy atom. The predicted molar refractivity (Wildman–Crippen MR) is 97.6 cm³/mol. The zero-order valence-electron chi connectivity index (χ0n) is 12.8. The Morgan fingerprint density at radius 3 is 2.09 bits per heavy atom. The van der Waals surface area contributed by atoms with Crippen molar-refractivity contribution in [2.24, 2.45) is 4.99 Å². The summed E-state index contributed by atoms with van der Waals surface area (Å²) in [5, 5.41) is 0. The molecule has 0 heterocycles. The minimum absolute atomic E-state index is 0.130. The monoisotopic (exact) mass is 301 g/mol. The number of nitrogens with two attached hydrogens (primary N) is 2. The standard InChI is InChI=1S/C20H19N3/c21-17-12-10-15(11-13-17)14-23-20(16-6-2-1-3-7-16)18-8-4-5-9-19(18)22/h1-14,20H,21-22H2/b23-14+. The summed E-state index contributed by atoms with van der Waals surface area (Å²) in [5.74, 6) is 0. The number of rotatable bonds is 4. The number of aliphatic imine (C=N–C) groups is 1. The molecule has 0 amide bonds. The first-order valence-corrected chi connectivity index (χ1v) is 7.52. The highest BCUT2D eigenvalue weighted by Crippen LogP contribution is 2.29. The maximum Gasteiger partial charge on any atom is 0.102 e.